The predicted octanol–water partition coefficient (Wildman–Crippen LogP) is 1.95. The van der Waals surface area contributed by atoms with Gasteiger partial charge in [-0.2, -0.15) is 4.57 Å². The van der Waals surface area contributed by atoms with E-state index in [2.05, 4.69) is 41.4 Å². The zero-order chi connectivity index (χ0) is 7.02. The molecule has 9 heavy (non-hydrogen) atoms. The molecule has 0 atom stereocenters. The van der Waals surface area contributed by atoms with Gasteiger partial charge in [-0.3, -0.25) is 0 Å². The second-order valence-corrected chi connectivity index (χ2v) is 4.53. The molecular weight excluding hydrogens is 198 g/mol. The Hall–Kier alpha value is 0.110. The molecule has 3 heteroatoms. The number of aryl methyl sites for hydroxylation is 1. The van der Waals surface area contributed by atoms with Crippen LogP contribution in [-0.4, -0.2) is 0 Å². The Morgan fingerprint density at radius 3 is 2.11 bits per heavy atom. The lowest BCUT2D eigenvalue weighted by Gasteiger charge is -1.81. The van der Waals surface area contributed by atoms with Crippen LogP contribution in [0.2, 0.25) is 0 Å². The van der Waals surface area contributed by atoms with Crippen molar-refractivity contribution in [3.8, 4) is 0 Å². The van der Waals surface area contributed by atoms with Gasteiger partial charge in [0.1, 0.15) is 7.05 Å². The monoisotopic (exact) mass is 206 g/mol. The highest BCUT2D eigenvalue weighted by molar-refractivity contribution is 9.11. The van der Waals surface area contributed by atoms with E-state index < -0.39 is 0 Å². The van der Waals surface area contributed by atoms with Gasteiger partial charge in [0.2, 0.25) is 0 Å². The van der Waals surface area contributed by atoms with Crippen LogP contribution >= 0.6 is 27.3 Å². The summed E-state index contributed by atoms with van der Waals surface area (Å²) < 4.78 is 3.33. The van der Waals surface area contributed by atoms with Crippen molar-refractivity contribution in [2.45, 2.75) is 13.8 Å². The average molecular weight is 207 g/mol. The standard InChI is InChI=1S/C6H9BrNS/c1-4-5(2)9-6(7)8(4)3/h1-3H3/q+1. The minimum Gasteiger partial charge on any atom is -0.183 e. The van der Waals surface area contributed by atoms with Crippen LogP contribution in [-0.2, 0) is 7.05 Å². The summed E-state index contributed by atoms with van der Waals surface area (Å²) in [5, 5.41) is 0. The van der Waals surface area contributed by atoms with Gasteiger partial charge < -0.3 is 0 Å². The molecule has 0 unspecified atom stereocenters. The molecule has 0 aliphatic carbocycles. The summed E-state index contributed by atoms with van der Waals surface area (Å²) in [6.45, 7) is 4.25. The minimum atomic E-state index is 1.19. The smallest absolute Gasteiger partial charge is 0.183 e. The van der Waals surface area contributed by atoms with Gasteiger partial charge >= 0.3 is 3.92 Å². The Bertz CT molecular complexity index is 207. The third-order valence-electron chi connectivity index (χ3n) is 1.51. The average Bonchev–Trinajstić information content (AvgIpc) is 1.98. The van der Waals surface area contributed by atoms with Gasteiger partial charge in [0.25, 0.3) is 0 Å². The zero-order valence-electron chi connectivity index (χ0n) is 5.73. The lowest BCUT2D eigenvalue weighted by Crippen LogP contribution is -2.30. The summed E-state index contributed by atoms with van der Waals surface area (Å²) in [4.78, 5) is 1.38. The highest BCUT2D eigenvalue weighted by Crippen LogP contribution is 2.18. The topological polar surface area (TPSA) is 3.88 Å². The molecule has 0 aromatic carbocycles. The van der Waals surface area contributed by atoms with E-state index in [1.807, 2.05) is 0 Å². The van der Waals surface area contributed by atoms with Gasteiger partial charge in [-0.25, -0.2) is 0 Å². The summed E-state index contributed by atoms with van der Waals surface area (Å²) in [6.07, 6.45) is 0. The number of hydrogen-bond acceptors (Lipinski definition) is 1. The largest absolute Gasteiger partial charge is 0.304 e. The van der Waals surface area contributed by atoms with Crippen molar-refractivity contribution in [3.05, 3.63) is 14.5 Å². The fourth-order valence-electron chi connectivity index (χ4n) is 0.637. The van der Waals surface area contributed by atoms with Crippen molar-refractivity contribution < 1.29 is 4.57 Å². The van der Waals surface area contributed by atoms with Crippen molar-refractivity contribution in [2.24, 2.45) is 7.05 Å². The molecule has 0 fully saturated rings. The van der Waals surface area contributed by atoms with Crippen molar-refractivity contribution in [1.82, 2.24) is 0 Å². The van der Waals surface area contributed by atoms with Crippen LogP contribution in [0, 0.1) is 13.8 Å². The molecule has 0 radical (unpaired) electrons. The molecule has 0 spiro atoms. The molecule has 0 saturated heterocycles. The van der Waals surface area contributed by atoms with Crippen molar-refractivity contribution in [1.29, 1.82) is 0 Å². The van der Waals surface area contributed by atoms with E-state index in [9.17, 15) is 0 Å². The second kappa shape index (κ2) is 2.39. The number of rotatable bonds is 0. The molecule has 0 aliphatic heterocycles. The number of nitrogens with zero attached hydrogens (tertiary/aromatic N) is 1. The fraction of sp³-hybridized carbons (Fsp3) is 0.500. The zero-order valence-corrected chi connectivity index (χ0v) is 8.14. The van der Waals surface area contributed by atoms with E-state index in [0.29, 0.717) is 0 Å². The maximum absolute atomic E-state index is 3.45. The minimum absolute atomic E-state index is 1.19. The van der Waals surface area contributed by atoms with Gasteiger partial charge in [-0.05, 0) is 6.92 Å². The highest BCUT2D eigenvalue weighted by atomic mass is 79.9. The van der Waals surface area contributed by atoms with Crippen molar-refractivity contribution in [3.63, 3.8) is 0 Å². The van der Waals surface area contributed by atoms with Crippen LogP contribution in [0.4, 0.5) is 0 Å². The first kappa shape index (κ1) is 7.22. The second-order valence-electron chi connectivity index (χ2n) is 2.06. The predicted molar refractivity (Wildman–Crippen MR) is 42.7 cm³/mol. The number of aromatic nitrogens is 1. The molecule has 1 aromatic heterocycles. The summed E-state index contributed by atoms with van der Waals surface area (Å²) in [6, 6.07) is 0. The summed E-state index contributed by atoms with van der Waals surface area (Å²) >= 11 is 5.22. The summed E-state index contributed by atoms with van der Waals surface area (Å²) in [5.41, 5.74) is 1.34. The molecule has 1 rings (SSSR count). The SMILES string of the molecule is Cc1sc(Br)[n+](C)c1C. The van der Waals surface area contributed by atoms with E-state index >= 15 is 0 Å². The van der Waals surface area contributed by atoms with E-state index in [0.717, 1.165) is 0 Å². The lowest BCUT2D eigenvalue weighted by molar-refractivity contribution is -0.683. The number of thiazole rings is 1. The number of hydrogen-bond donors (Lipinski definition) is 0. The van der Waals surface area contributed by atoms with Gasteiger partial charge in [0.05, 0.1) is 4.88 Å². The van der Waals surface area contributed by atoms with Crippen LogP contribution in [0.5, 0.6) is 0 Å². The summed E-state index contributed by atoms with van der Waals surface area (Å²) in [7, 11) is 2.06. The third kappa shape index (κ3) is 1.17. The van der Waals surface area contributed by atoms with Gasteiger partial charge in [0.15, 0.2) is 5.69 Å². The van der Waals surface area contributed by atoms with Crippen LogP contribution in [0.25, 0.3) is 0 Å². The third-order valence-corrected chi connectivity index (χ3v) is 3.58. The maximum atomic E-state index is 3.45. The van der Waals surface area contributed by atoms with E-state index in [4.69, 9.17) is 0 Å². The highest BCUT2D eigenvalue weighted by Gasteiger charge is 2.12. The Kier molecular flexibility index (Phi) is 1.91. The van der Waals surface area contributed by atoms with Crippen LogP contribution in [0.15, 0.2) is 3.92 Å². The molecule has 50 valence electrons. The van der Waals surface area contributed by atoms with Gasteiger partial charge in [0, 0.05) is 22.9 Å². The Balaban J connectivity index is 3.29. The van der Waals surface area contributed by atoms with Crippen molar-refractivity contribution in [2.75, 3.05) is 0 Å². The molecule has 1 heterocycles. The normalized spacial score (nSPS) is 10.2. The molecule has 0 aliphatic rings. The van der Waals surface area contributed by atoms with Crippen LogP contribution < -0.4 is 4.57 Å². The Morgan fingerprint density at radius 2 is 2.00 bits per heavy atom. The molecule has 0 amide bonds. The molecule has 0 bridgehead atoms. The maximum Gasteiger partial charge on any atom is 0.304 e. The van der Waals surface area contributed by atoms with Gasteiger partial charge in [-0.1, -0.05) is 11.3 Å². The first-order chi connectivity index (χ1) is 4.13. The van der Waals surface area contributed by atoms with Gasteiger partial charge in [-0.15, -0.1) is 0 Å². The molecule has 1 aromatic rings. The molecule has 0 N–H and O–H groups in total. The van der Waals surface area contributed by atoms with E-state index in [1.165, 1.54) is 14.5 Å². The first-order valence-corrected chi connectivity index (χ1v) is 4.35. The molecule has 1 nitrogen and oxygen atoms in total. The lowest BCUT2D eigenvalue weighted by atomic mass is 10.4. The Labute approximate surface area is 67.5 Å². The Morgan fingerprint density at radius 1 is 1.44 bits per heavy atom. The van der Waals surface area contributed by atoms with E-state index in [1.54, 1.807) is 11.3 Å². The molecular formula is C6H9BrNS+. The molecule has 0 saturated carbocycles. The number of halogens is 1. The first-order valence-electron chi connectivity index (χ1n) is 2.74. The quantitative estimate of drug-likeness (QED) is 0.572. The summed E-state index contributed by atoms with van der Waals surface area (Å²) in [5.74, 6) is 0. The fourth-order valence-corrected chi connectivity index (χ4v) is 2.44. The van der Waals surface area contributed by atoms with Crippen LogP contribution in [0.3, 0.4) is 0 Å². The van der Waals surface area contributed by atoms with Crippen LogP contribution in [0.1, 0.15) is 10.6 Å². The van der Waals surface area contributed by atoms with E-state index in [-0.39, 0.29) is 0 Å². The van der Waals surface area contributed by atoms with Crippen molar-refractivity contribution >= 4 is 27.3 Å².